The van der Waals surface area contributed by atoms with Crippen molar-refractivity contribution in [2.75, 3.05) is 53.1 Å². The first-order valence-electron chi connectivity index (χ1n) is 9.48. The molecule has 0 unspecified atom stereocenters. The van der Waals surface area contributed by atoms with E-state index in [1.165, 1.54) is 11.8 Å². The summed E-state index contributed by atoms with van der Waals surface area (Å²) < 4.78 is 16.9. The van der Waals surface area contributed by atoms with Crippen molar-refractivity contribution in [1.82, 2.24) is 9.80 Å². The van der Waals surface area contributed by atoms with Gasteiger partial charge in [-0.3, -0.25) is 14.6 Å². The molecule has 3 rings (SSSR count). The number of carbonyl (C=O) groups excluding carboxylic acids is 1. The van der Waals surface area contributed by atoms with Gasteiger partial charge < -0.3 is 14.2 Å². The molecule has 0 N–H and O–H groups in total. The van der Waals surface area contributed by atoms with Crippen LogP contribution in [0.5, 0.6) is 11.5 Å². The van der Waals surface area contributed by atoms with E-state index in [1.54, 1.807) is 12.0 Å². The Morgan fingerprint density at radius 2 is 2.04 bits per heavy atom. The molecule has 0 aromatic heterocycles. The average Bonchev–Trinajstić information content (AvgIpc) is 2.97. The molecule has 0 bridgehead atoms. The summed E-state index contributed by atoms with van der Waals surface area (Å²) in [6.45, 7) is 7.56. The van der Waals surface area contributed by atoms with Gasteiger partial charge in [-0.15, -0.1) is 0 Å². The zero-order valence-corrected chi connectivity index (χ0v) is 17.9. The van der Waals surface area contributed by atoms with Crippen molar-refractivity contribution < 1.29 is 19.0 Å². The molecule has 1 amide bonds. The number of methoxy groups -OCH3 is 1. The van der Waals surface area contributed by atoms with Gasteiger partial charge in [0.2, 0.25) is 0 Å². The van der Waals surface area contributed by atoms with Crippen molar-refractivity contribution in [1.29, 1.82) is 0 Å². The van der Waals surface area contributed by atoms with E-state index in [9.17, 15) is 4.79 Å². The summed E-state index contributed by atoms with van der Waals surface area (Å²) >= 11 is 6.79. The highest BCUT2D eigenvalue weighted by molar-refractivity contribution is 8.26. The van der Waals surface area contributed by atoms with Crippen LogP contribution in [0.25, 0.3) is 6.08 Å². The third-order valence-electron chi connectivity index (χ3n) is 4.62. The first-order chi connectivity index (χ1) is 13.6. The predicted octanol–water partition coefficient (Wildman–Crippen LogP) is 3.02. The molecule has 2 heterocycles. The molecule has 8 heteroatoms. The second-order valence-corrected chi connectivity index (χ2v) is 8.16. The van der Waals surface area contributed by atoms with Gasteiger partial charge >= 0.3 is 0 Å². The third kappa shape index (κ3) is 5.26. The molecule has 2 aliphatic rings. The molecule has 0 aliphatic carbocycles. The van der Waals surface area contributed by atoms with Gasteiger partial charge in [-0.05, 0) is 37.1 Å². The summed E-state index contributed by atoms with van der Waals surface area (Å²) in [5.41, 5.74) is 0.887. The largest absolute Gasteiger partial charge is 0.493 e. The smallest absolute Gasteiger partial charge is 0.266 e. The van der Waals surface area contributed by atoms with Crippen molar-refractivity contribution in [2.24, 2.45) is 0 Å². The number of rotatable bonds is 8. The lowest BCUT2D eigenvalue weighted by atomic mass is 10.2. The van der Waals surface area contributed by atoms with Crippen LogP contribution in [0.4, 0.5) is 0 Å². The molecule has 1 aromatic rings. The minimum Gasteiger partial charge on any atom is -0.493 e. The molecular weight excluding hydrogens is 396 g/mol. The van der Waals surface area contributed by atoms with Gasteiger partial charge in [0.25, 0.3) is 5.91 Å². The van der Waals surface area contributed by atoms with E-state index in [0.717, 1.165) is 44.8 Å². The Bertz CT molecular complexity index is 748. The van der Waals surface area contributed by atoms with E-state index in [1.807, 2.05) is 31.2 Å². The molecule has 2 aliphatic heterocycles. The van der Waals surface area contributed by atoms with Gasteiger partial charge in [0.15, 0.2) is 11.5 Å². The Labute approximate surface area is 175 Å². The van der Waals surface area contributed by atoms with E-state index in [0.29, 0.717) is 33.9 Å². The van der Waals surface area contributed by atoms with Crippen LogP contribution in [0.3, 0.4) is 0 Å². The number of amides is 1. The highest BCUT2D eigenvalue weighted by Gasteiger charge is 2.31. The van der Waals surface area contributed by atoms with Crippen LogP contribution in [-0.2, 0) is 9.53 Å². The zero-order valence-electron chi connectivity index (χ0n) is 16.3. The first-order valence-corrected chi connectivity index (χ1v) is 10.7. The molecule has 0 saturated carbocycles. The quantitative estimate of drug-likeness (QED) is 0.471. The lowest BCUT2D eigenvalue weighted by molar-refractivity contribution is -0.122. The number of hydrogen-bond acceptors (Lipinski definition) is 7. The minimum absolute atomic E-state index is 0.0224. The summed E-state index contributed by atoms with van der Waals surface area (Å²) in [5.74, 6) is 1.32. The molecular formula is C20H26N2O4S2. The maximum absolute atomic E-state index is 12.8. The van der Waals surface area contributed by atoms with Crippen LogP contribution in [0.15, 0.2) is 23.1 Å². The fourth-order valence-electron chi connectivity index (χ4n) is 3.17. The summed E-state index contributed by atoms with van der Waals surface area (Å²) in [6, 6.07) is 5.64. The number of benzene rings is 1. The number of nitrogens with zero attached hydrogens (tertiary/aromatic N) is 2. The Hall–Kier alpha value is -1.61. The third-order valence-corrected chi connectivity index (χ3v) is 6.00. The van der Waals surface area contributed by atoms with E-state index >= 15 is 0 Å². The van der Waals surface area contributed by atoms with E-state index in [-0.39, 0.29) is 5.91 Å². The first kappa shape index (κ1) is 21.1. The van der Waals surface area contributed by atoms with Crippen molar-refractivity contribution in [2.45, 2.75) is 13.3 Å². The molecule has 2 saturated heterocycles. The molecule has 0 atom stereocenters. The summed E-state index contributed by atoms with van der Waals surface area (Å²) in [6.07, 6.45) is 2.76. The van der Waals surface area contributed by atoms with Crippen molar-refractivity contribution in [3.8, 4) is 11.5 Å². The molecule has 152 valence electrons. The maximum atomic E-state index is 12.8. The monoisotopic (exact) mass is 422 g/mol. The molecule has 6 nitrogen and oxygen atoms in total. The number of morpholine rings is 1. The summed E-state index contributed by atoms with van der Waals surface area (Å²) in [5, 5.41) is 0. The number of hydrogen-bond donors (Lipinski definition) is 0. The molecule has 0 radical (unpaired) electrons. The SMILES string of the molecule is CCOc1cc(/C=C2\SC(=S)N(CCCN3CCOCC3)C2=O)ccc1OC. The lowest BCUT2D eigenvalue weighted by Crippen LogP contribution is -2.38. The number of thiocarbonyl (C=S) groups is 1. The van der Waals surface area contributed by atoms with Gasteiger partial charge in [-0.2, -0.15) is 0 Å². The maximum Gasteiger partial charge on any atom is 0.266 e. The van der Waals surface area contributed by atoms with E-state index in [2.05, 4.69) is 4.90 Å². The van der Waals surface area contributed by atoms with Crippen LogP contribution in [0.1, 0.15) is 18.9 Å². The Kier molecular flexibility index (Phi) is 7.73. The lowest BCUT2D eigenvalue weighted by Gasteiger charge is -2.27. The van der Waals surface area contributed by atoms with Crippen LogP contribution < -0.4 is 9.47 Å². The number of thioether (sulfide) groups is 1. The zero-order chi connectivity index (χ0) is 19.9. The van der Waals surface area contributed by atoms with Crippen molar-refractivity contribution in [3.05, 3.63) is 28.7 Å². The number of ether oxygens (including phenoxy) is 3. The second kappa shape index (κ2) is 10.2. The van der Waals surface area contributed by atoms with Crippen LogP contribution >= 0.6 is 24.0 Å². The molecule has 0 spiro atoms. The van der Waals surface area contributed by atoms with Gasteiger partial charge in [-0.25, -0.2) is 0 Å². The highest BCUT2D eigenvalue weighted by Crippen LogP contribution is 2.34. The van der Waals surface area contributed by atoms with Crippen LogP contribution in [-0.4, -0.2) is 73.1 Å². The van der Waals surface area contributed by atoms with Crippen LogP contribution in [0, 0.1) is 0 Å². The van der Waals surface area contributed by atoms with Gasteiger partial charge in [0.05, 0.1) is 31.8 Å². The summed E-state index contributed by atoms with van der Waals surface area (Å²) in [4.78, 5) is 17.5. The Morgan fingerprint density at radius 1 is 1.25 bits per heavy atom. The van der Waals surface area contributed by atoms with Gasteiger partial charge in [0, 0.05) is 26.2 Å². The van der Waals surface area contributed by atoms with Gasteiger partial charge in [0.1, 0.15) is 4.32 Å². The normalized spacial score (nSPS) is 19.5. The molecule has 1 aromatic carbocycles. The van der Waals surface area contributed by atoms with E-state index in [4.69, 9.17) is 26.4 Å². The second-order valence-electron chi connectivity index (χ2n) is 6.48. The number of carbonyl (C=O) groups is 1. The van der Waals surface area contributed by atoms with Gasteiger partial charge in [-0.1, -0.05) is 30.0 Å². The average molecular weight is 423 g/mol. The fourth-order valence-corrected chi connectivity index (χ4v) is 4.48. The highest BCUT2D eigenvalue weighted by atomic mass is 32.2. The minimum atomic E-state index is -0.0224. The topological polar surface area (TPSA) is 51.2 Å². The molecule has 2 fully saturated rings. The predicted molar refractivity (Wildman–Crippen MR) is 116 cm³/mol. The Morgan fingerprint density at radius 3 is 2.75 bits per heavy atom. The Balaban J connectivity index is 1.62. The fraction of sp³-hybridized carbons (Fsp3) is 0.500. The van der Waals surface area contributed by atoms with Crippen LogP contribution in [0.2, 0.25) is 0 Å². The standard InChI is InChI=1S/C20H26N2O4S2/c1-3-26-17-13-15(5-6-16(17)24-2)14-18-19(23)22(20(27)28-18)8-4-7-21-9-11-25-12-10-21/h5-6,13-14H,3-4,7-12H2,1-2H3/b18-14-. The molecule has 28 heavy (non-hydrogen) atoms. The van der Waals surface area contributed by atoms with E-state index < -0.39 is 0 Å². The van der Waals surface area contributed by atoms with Crippen molar-refractivity contribution in [3.63, 3.8) is 0 Å². The summed E-state index contributed by atoms with van der Waals surface area (Å²) in [7, 11) is 1.61. The van der Waals surface area contributed by atoms with Crippen molar-refractivity contribution >= 4 is 40.3 Å².